The van der Waals surface area contributed by atoms with E-state index in [0.717, 1.165) is 12.8 Å². The minimum absolute atomic E-state index is 0.0205. The van der Waals surface area contributed by atoms with Gasteiger partial charge in [-0.25, -0.2) is 0 Å². The highest BCUT2D eigenvalue weighted by atomic mass is 32.1. The van der Waals surface area contributed by atoms with Gasteiger partial charge in [-0.05, 0) is 25.0 Å². The van der Waals surface area contributed by atoms with E-state index < -0.39 is 0 Å². The molecule has 1 aromatic carbocycles. The summed E-state index contributed by atoms with van der Waals surface area (Å²) in [6.45, 7) is 1.07. The third-order valence-electron chi connectivity index (χ3n) is 3.36. The zero-order chi connectivity index (χ0) is 14.0. The van der Waals surface area contributed by atoms with Gasteiger partial charge in [0.2, 0.25) is 0 Å². The average Bonchev–Trinajstić information content (AvgIpc) is 2.41. The third kappa shape index (κ3) is 2.78. The summed E-state index contributed by atoms with van der Waals surface area (Å²) in [5.74, 6) is -0.972. The van der Waals surface area contributed by atoms with Gasteiger partial charge in [0.1, 0.15) is 0 Å². The fourth-order valence-electron chi connectivity index (χ4n) is 2.27. The lowest BCUT2D eigenvalue weighted by molar-refractivity contribution is 0.0700. The van der Waals surface area contributed by atoms with Gasteiger partial charge in [0, 0.05) is 19.0 Å². The molecule has 1 aliphatic rings. The number of phenols is 2. The number of thiocarbonyl (C=S) groups is 1. The molecule has 0 bridgehead atoms. The summed E-state index contributed by atoms with van der Waals surface area (Å²) in [5, 5.41) is 19.2. The molecule has 102 valence electrons. The normalized spacial score (nSPS) is 19.2. The molecular formula is C13H16N2O3S. The van der Waals surface area contributed by atoms with Crippen LogP contribution < -0.4 is 5.73 Å². The zero-order valence-electron chi connectivity index (χ0n) is 10.4. The standard InChI is InChI=1S/C13H16N2O3S/c14-12(19)8-3-2-6-15(7-8)13(18)9-4-1-5-10(16)11(9)17/h1,4-5,8,16-17H,2-3,6-7H2,(H2,14,19). The number of carbonyl (C=O) groups excluding carboxylic acids is 1. The topological polar surface area (TPSA) is 86.8 Å². The van der Waals surface area contributed by atoms with Crippen molar-refractivity contribution >= 4 is 23.1 Å². The first kappa shape index (κ1) is 13.6. The van der Waals surface area contributed by atoms with E-state index in [2.05, 4.69) is 0 Å². The van der Waals surface area contributed by atoms with E-state index >= 15 is 0 Å². The lowest BCUT2D eigenvalue weighted by atomic mass is 9.97. The van der Waals surface area contributed by atoms with Crippen LogP contribution in [0.15, 0.2) is 18.2 Å². The maximum Gasteiger partial charge on any atom is 0.257 e. The fraction of sp³-hybridized carbons (Fsp3) is 0.385. The van der Waals surface area contributed by atoms with Crippen LogP contribution in [0.4, 0.5) is 0 Å². The molecule has 1 fully saturated rings. The second-order valence-electron chi connectivity index (χ2n) is 4.67. The Bertz CT molecular complexity index is 519. The molecule has 1 amide bonds. The van der Waals surface area contributed by atoms with Crippen LogP contribution in [-0.2, 0) is 0 Å². The number of likely N-dealkylation sites (tertiary alicyclic amines) is 1. The van der Waals surface area contributed by atoms with Crippen LogP contribution in [0.2, 0.25) is 0 Å². The monoisotopic (exact) mass is 280 g/mol. The predicted molar refractivity (Wildman–Crippen MR) is 75.2 cm³/mol. The number of benzene rings is 1. The number of aromatic hydroxyl groups is 2. The quantitative estimate of drug-likeness (QED) is 0.560. The lowest BCUT2D eigenvalue weighted by Crippen LogP contribution is -2.43. The van der Waals surface area contributed by atoms with Gasteiger partial charge < -0.3 is 20.8 Å². The molecule has 1 aliphatic heterocycles. The molecule has 19 heavy (non-hydrogen) atoms. The largest absolute Gasteiger partial charge is 0.504 e. The van der Waals surface area contributed by atoms with Crippen LogP contribution in [0.25, 0.3) is 0 Å². The molecule has 1 aromatic rings. The number of amides is 1. The van der Waals surface area contributed by atoms with Crippen molar-refractivity contribution in [1.29, 1.82) is 0 Å². The third-order valence-corrected chi connectivity index (χ3v) is 3.69. The van der Waals surface area contributed by atoms with Crippen molar-refractivity contribution < 1.29 is 15.0 Å². The smallest absolute Gasteiger partial charge is 0.257 e. The Hall–Kier alpha value is -1.82. The van der Waals surface area contributed by atoms with E-state index in [1.165, 1.54) is 18.2 Å². The van der Waals surface area contributed by atoms with Crippen molar-refractivity contribution in [2.24, 2.45) is 11.7 Å². The summed E-state index contributed by atoms with van der Waals surface area (Å²) >= 11 is 4.97. The maximum absolute atomic E-state index is 12.3. The zero-order valence-corrected chi connectivity index (χ0v) is 11.2. The molecule has 0 saturated carbocycles. The summed E-state index contributed by atoms with van der Waals surface area (Å²) < 4.78 is 0. The minimum Gasteiger partial charge on any atom is -0.504 e. The highest BCUT2D eigenvalue weighted by Gasteiger charge is 2.27. The van der Waals surface area contributed by atoms with E-state index in [1.807, 2.05) is 0 Å². The van der Waals surface area contributed by atoms with Crippen LogP contribution in [-0.4, -0.2) is 39.1 Å². The number of rotatable bonds is 2. The van der Waals surface area contributed by atoms with E-state index in [9.17, 15) is 15.0 Å². The molecule has 0 radical (unpaired) electrons. The molecule has 1 unspecified atom stereocenters. The Kier molecular flexibility index (Phi) is 3.90. The number of nitrogens with zero attached hydrogens (tertiary/aromatic N) is 1. The van der Waals surface area contributed by atoms with Crippen molar-refractivity contribution in [3.05, 3.63) is 23.8 Å². The van der Waals surface area contributed by atoms with Crippen LogP contribution in [0.5, 0.6) is 11.5 Å². The van der Waals surface area contributed by atoms with Crippen molar-refractivity contribution in [2.75, 3.05) is 13.1 Å². The molecule has 1 heterocycles. The SMILES string of the molecule is NC(=S)C1CCCN(C(=O)c2cccc(O)c2O)C1. The van der Waals surface area contributed by atoms with Crippen molar-refractivity contribution in [3.63, 3.8) is 0 Å². The number of piperidine rings is 1. The van der Waals surface area contributed by atoms with Crippen molar-refractivity contribution in [3.8, 4) is 11.5 Å². The minimum atomic E-state index is -0.384. The van der Waals surface area contributed by atoms with Gasteiger partial charge in [0.05, 0.1) is 10.6 Å². The van der Waals surface area contributed by atoms with Crippen LogP contribution >= 0.6 is 12.2 Å². The summed E-state index contributed by atoms with van der Waals surface area (Å²) in [4.78, 5) is 14.3. The number of hydrogen-bond acceptors (Lipinski definition) is 4. The van der Waals surface area contributed by atoms with Gasteiger partial charge >= 0.3 is 0 Å². The molecule has 0 spiro atoms. The van der Waals surface area contributed by atoms with Crippen LogP contribution in [0.3, 0.4) is 0 Å². The van der Waals surface area contributed by atoms with Gasteiger partial charge in [-0.1, -0.05) is 18.3 Å². The van der Waals surface area contributed by atoms with E-state index in [0.29, 0.717) is 18.1 Å². The van der Waals surface area contributed by atoms with Gasteiger partial charge in [0.25, 0.3) is 5.91 Å². The summed E-state index contributed by atoms with van der Waals surface area (Å²) in [7, 11) is 0. The molecule has 2 rings (SSSR count). The highest BCUT2D eigenvalue weighted by Crippen LogP contribution is 2.30. The Morgan fingerprint density at radius 3 is 2.84 bits per heavy atom. The lowest BCUT2D eigenvalue weighted by Gasteiger charge is -2.32. The van der Waals surface area contributed by atoms with E-state index in [1.54, 1.807) is 4.90 Å². The summed E-state index contributed by atoms with van der Waals surface area (Å²) in [6, 6.07) is 4.35. The molecule has 4 N–H and O–H groups in total. The molecule has 1 saturated heterocycles. The number of hydrogen-bond donors (Lipinski definition) is 3. The van der Waals surface area contributed by atoms with Gasteiger partial charge in [-0.2, -0.15) is 0 Å². The number of phenolic OH excluding ortho intramolecular Hbond substituents is 2. The fourth-order valence-corrected chi connectivity index (χ4v) is 2.46. The average molecular weight is 280 g/mol. The Morgan fingerprint density at radius 1 is 1.42 bits per heavy atom. The first-order chi connectivity index (χ1) is 9.00. The summed E-state index contributed by atoms with van der Waals surface area (Å²) in [6.07, 6.45) is 1.71. The molecule has 0 aromatic heterocycles. The van der Waals surface area contributed by atoms with Gasteiger partial charge in [-0.3, -0.25) is 4.79 Å². The number of para-hydroxylation sites is 1. The van der Waals surface area contributed by atoms with Crippen molar-refractivity contribution in [1.82, 2.24) is 4.90 Å². The van der Waals surface area contributed by atoms with E-state index in [4.69, 9.17) is 18.0 Å². The van der Waals surface area contributed by atoms with Gasteiger partial charge in [-0.15, -0.1) is 0 Å². The van der Waals surface area contributed by atoms with Crippen LogP contribution in [0, 0.1) is 5.92 Å². The molecule has 1 atom stereocenters. The van der Waals surface area contributed by atoms with E-state index in [-0.39, 0.29) is 28.9 Å². The Balaban J connectivity index is 2.19. The maximum atomic E-state index is 12.3. The molecule has 5 nitrogen and oxygen atoms in total. The molecule has 0 aliphatic carbocycles. The molecular weight excluding hydrogens is 264 g/mol. The number of carbonyl (C=O) groups is 1. The molecule has 6 heteroatoms. The first-order valence-corrected chi connectivity index (χ1v) is 6.51. The second kappa shape index (κ2) is 5.44. The van der Waals surface area contributed by atoms with Gasteiger partial charge in [0.15, 0.2) is 11.5 Å². The summed E-state index contributed by atoms with van der Waals surface area (Å²) in [5.41, 5.74) is 5.73. The second-order valence-corrected chi connectivity index (χ2v) is 5.14. The first-order valence-electron chi connectivity index (χ1n) is 6.10. The Morgan fingerprint density at radius 2 is 2.16 bits per heavy atom. The van der Waals surface area contributed by atoms with Crippen molar-refractivity contribution in [2.45, 2.75) is 12.8 Å². The predicted octanol–water partition coefficient (Wildman–Crippen LogP) is 1.24. The highest BCUT2D eigenvalue weighted by molar-refractivity contribution is 7.80. The number of nitrogens with two attached hydrogens (primary N) is 1. The Labute approximate surface area is 116 Å². The van der Waals surface area contributed by atoms with Crippen LogP contribution in [0.1, 0.15) is 23.2 Å².